The Balaban J connectivity index is 1.48. The second-order valence-electron chi connectivity index (χ2n) is 6.53. The number of hydrogen-bond acceptors (Lipinski definition) is 5. The van der Waals surface area contributed by atoms with Crippen LogP contribution in [0, 0.1) is 18.7 Å². The van der Waals surface area contributed by atoms with Crippen LogP contribution >= 0.6 is 11.3 Å². The molecule has 1 aliphatic carbocycles. The molecule has 25 heavy (non-hydrogen) atoms. The predicted molar refractivity (Wildman–Crippen MR) is 101 cm³/mol. The molecule has 3 rings (SSSR count). The number of aryl methyl sites for hydroxylation is 1. The van der Waals surface area contributed by atoms with Gasteiger partial charge in [-0.25, -0.2) is 9.37 Å². The van der Waals surface area contributed by atoms with Crippen molar-refractivity contribution in [3.63, 3.8) is 0 Å². The summed E-state index contributed by atoms with van der Waals surface area (Å²) >= 11 is 1.48. The molecule has 1 aromatic carbocycles. The number of aromatic nitrogens is 1. The van der Waals surface area contributed by atoms with E-state index in [-0.39, 0.29) is 5.82 Å². The summed E-state index contributed by atoms with van der Waals surface area (Å²) in [4.78, 5) is 4.25. The van der Waals surface area contributed by atoms with E-state index < -0.39 is 0 Å². The molecule has 0 atom stereocenters. The molecule has 6 heteroatoms. The van der Waals surface area contributed by atoms with Crippen LogP contribution in [0.4, 0.5) is 9.52 Å². The van der Waals surface area contributed by atoms with Gasteiger partial charge < -0.3 is 4.74 Å². The van der Waals surface area contributed by atoms with Crippen molar-refractivity contribution in [2.45, 2.75) is 45.6 Å². The van der Waals surface area contributed by atoms with Gasteiger partial charge in [0.25, 0.3) is 0 Å². The van der Waals surface area contributed by atoms with Crippen LogP contribution in [-0.2, 0) is 11.3 Å². The van der Waals surface area contributed by atoms with Crippen LogP contribution in [0.5, 0.6) is 0 Å². The fraction of sp³-hybridized carbons (Fsp3) is 0.474. The number of ether oxygens (including phenoxy) is 1. The number of thiazole rings is 1. The largest absolute Gasteiger partial charge is 0.376 e. The van der Waals surface area contributed by atoms with Crippen molar-refractivity contribution in [2.75, 3.05) is 12.0 Å². The molecule has 0 bridgehead atoms. The number of rotatable bonds is 7. The summed E-state index contributed by atoms with van der Waals surface area (Å²) in [6.45, 7) is 2.99. The predicted octanol–water partition coefficient (Wildman–Crippen LogP) is 5.13. The van der Waals surface area contributed by atoms with Gasteiger partial charge in [-0.15, -0.1) is 11.3 Å². The van der Waals surface area contributed by atoms with Crippen molar-refractivity contribution >= 4 is 22.7 Å². The first-order chi connectivity index (χ1) is 12.2. The fourth-order valence-corrected chi connectivity index (χ4v) is 3.65. The highest BCUT2D eigenvalue weighted by molar-refractivity contribution is 7.13. The average molecular weight is 361 g/mol. The number of nitrogens with one attached hydrogen (secondary N) is 1. The molecule has 0 saturated heterocycles. The van der Waals surface area contributed by atoms with Gasteiger partial charge in [-0.05, 0) is 37.3 Å². The van der Waals surface area contributed by atoms with Gasteiger partial charge >= 0.3 is 0 Å². The van der Waals surface area contributed by atoms with Gasteiger partial charge in [0.05, 0.1) is 18.5 Å². The quantitative estimate of drug-likeness (QED) is 0.549. The van der Waals surface area contributed by atoms with E-state index in [4.69, 9.17) is 4.74 Å². The Labute approximate surface area is 152 Å². The number of halogens is 1. The zero-order valence-electron chi connectivity index (χ0n) is 14.5. The molecule has 0 radical (unpaired) electrons. The molecule has 1 N–H and O–H groups in total. The first-order valence-corrected chi connectivity index (χ1v) is 9.66. The van der Waals surface area contributed by atoms with E-state index in [0.29, 0.717) is 23.7 Å². The number of benzene rings is 1. The molecular formula is C19H24FN3OS. The fourth-order valence-electron chi connectivity index (χ4n) is 3.02. The molecule has 1 heterocycles. The lowest BCUT2D eigenvalue weighted by Gasteiger charge is -2.21. The molecule has 0 amide bonds. The van der Waals surface area contributed by atoms with E-state index in [2.05, 4.69) is 15.5 Å². The molecule has 1 saturated carbocycles. The molecule has 0 unspecified atom stereocenters. The van der Waals surface area contributed by atoms with Crippen molar-refractivity contribution in [2.24, 2.45) is 11.0 Å². The van der Waals surface area contributed by atoms with Crippen molar-refractivity contribution in [1.29, 1.82) is 0 Å². The van der Waals surface area contributed by atoms with Crippen LogP contribution in [0.2, 0.25) is 0 Å². The van der Waals surface area contributed by atoms with E-state index in [1.165, 1.54) is 49.5 Å². The summed E-state index contributed by atoms with van der Waals surface area (Å²) < 4.78 is 19.9. The molecule has 2 aromatic rings. The Bertz CT molecular complexity index is 710. The summed E-state index contributed by atoms with van der Waals surface area (Å²) in [5, 5.41) is 6.76. The topological polar surface area (TPSA) is 46.5 Å². The van der Waals surface area contributed by atoms with Gasteiger partial charge in [0.1, 0.15) is 5.82 Å². The molecule has 4 nitrogen and oxygen atoms in total. The Morgan fingerprint density at radius 3 is 2.92 bits per heavy atom. The third kappa shape index (κ3) is 5.61. The van der Waals surface area contributed by atoms with Crippen molar-refractivity contribution in [3.8, 4) is 0 Å². The SMILES string of the molecule is Cc1csc(NN=Cc2ccc(COCC3CCCCC3)c(F)c2)n1. The van der Waals surface area contributed by atoms with Crippen molar-refractivity contribution in [1.82, 2.24) is 4.98 Å². The van der Waals surface area contributed by atoms with Crippen LogP contribution in [0.25, 0.3) is 0 Å². The average Bonchev–Trinajstić information content (AvgIpc) is 3.03. The number of nitrogens with zero attached hydrogens (tertiary/aromatic N) is 2. The highest BCUT2D eigenvalue weighted by Crippen LogP contribution is 2.24. The molecule has 1 aromatic heterocycles. The molecular weight excluding hydrogens is 337 g/mol. The Kier molecular flexibility index (Phi) is 6.53. The minimum atomic E-state index is -0.252. The minimum absolute atomic E-state index is 0.252. The first kappa shape index (κ1) is 18.0. The lowest BCUT2D eigenvalue weighted by Crippen LogP contribution is -2.13. The second kappa shape index (κ2) is 9.06. The lowest BCUT2D eigenvalue weighted by atomic mass is 9.90. The van der Waals surface area contributed by atoms with Crippen LogP contribution in [0.3, 0.4) is 0 Å². The van der Waals surface area contributed by atoms with Crippen LogP contribution in [0.15, 0.2) is 28.7 Å². The summed E-state index contributed by atoms with van der Waals surface area (Å²) in [5.41, 5.74) is 5.10. The Morgan fingerprint density at radius 2 is 2.20 bits per heavy atom. The van der Waals surface area contributed by atoms with Crippen molar-refractivity contribution < 1.29 is 9.13 Å². The number of hydrazone groups is 1. The molecule has 1 aliphatic rings. The first-order valence-electron chi connectivity index (χ1n) is 8.78. The van der Waals surface area contributed by atoms with E-state index in [1.54, 1.807) is 12.3 Å². The highest BCUT2D eigenvalue weighted by atomic mass is 32.1. The van der Waals surface area contributed by atoms with E-state index >= 15 is 0 Å². The Morgan fingerprint density at radius 1 is 1.36 bits per heavy atom. The minimum Gasteiger partial charge on any atom is -0.376 e. The van der Waals surface area contributed by atoms with Gasteiger partial charge in [-0.3, -0.25) is 5.43 Å². The van der Waals surface area contributed by atoms with E-state index in [0.717, 1.165) is 17.4 Å². The smallest absolute Gasteiger partial charge is 0.203 e. The van der Waals surface area contributed by atoms with E-state index in [9.17, 15) is 4.39 Å². The van der Waals surface area contributed by atoms with Gasteiger partial charge in [0.15, 0.2) is 0 Å². The van der Waals surface area contributed by atoms with Crippen LogP contribution in [-0.4, -0.2) is 17.8 Å². The maximum absolute atomic E-state index is 14.2. The maximum atomic E-state index is 14.2. The monoisotopic (exact) mass is 361 g/mol. The number of anilines is 1. The van der Waals surface area contributed by atoms with Crippen LogP contribution < -0.4 is 5.43 Å². The van der Waals surface area contributed by atoms with Gasteiger partial charge in [-0.1, -0.05) is 31.4 Å². The molecule has 0 spiro atoms. The Hall–Kier alpha value is -1.79. The van der Waals surface area contributed by atoms with Gasteiger partial charge in [-0.2, -0.15) is 5.10 Å². The van der Waals surface area contributed by atoms with E-state index in [1.807, 2.05) is 18.4 Å². The summed E-state index contributed by atoms with van der Waals surface area (Å²) in [6, 6.07) is 5.10. The summed E-state index contributed by atoms with van der Waals surface area (Å²) in [7, 11) is 0. The van der Waals surface area contributed by atoms with Crippen molar-refractivity contribution in [3.05, 3.63) is 46.2 Å². The molecule has 0 aliphatic heterocycles. The zero-order valence-corrected chi connectivity index (χ0v) is 15.3. The normalized spacial score (nSPS) is 15.8. The maximum Gasteiger partial charge on any atom is 0.203 e. The van der Waals surface area contributed by atoms with Crippen LogP contribution in [0.1, 0.15) is 48.9 Å². The zero-order chi connectivity index (χ0) is 17.5. The molecule has 1 fully saturated rings. The second-order valence-corrected chi connectivity index (χ2v) is 7.39. The molecule has 134 valence electrons. The lowest BCUT2D eigenvalue weighted by molar-refractivity contribution is 0.0723. The summed E-state index contributed by atoms with van der Waals surface area (Å²) in [6.07, 6.45) is 8.00. The highest BCUT2D eigenvalue weighted by Gasteiger charge is 2.13. The third-order valence-corrected chi connectivity index (χ3v) is 5.27. The third-order valence-electron chi connectivity index (χ3n) is 4.41. The number of hydrogen-bond donors (Lipinski definition) is 1. The standard InChI is InChI=1S/C19H24FN3OS/c1-14-13-25-19(22-14)23-21-10-16-7-8-17(18(20)9-16)12-24-11-15-5-3-2-4-6-15/h7-10,13,15H,2-6,11-12H2,1H3,(H,22,23). The van der Waals surface area contributed by atoms with Gasteiger partial charge in [0.2, 0.25) is 5.13 Å². The van der Waals surface area contributed by atoms with Gasteiger partial charge in [0, 0.05) is 17.6 Å². The summed E-state index contributed by atoms with van der Waals surface area (Å²) in [5.74, 6) is 0.390.